The molecule has 1 saturated heterocycles. The predicted molar refractivity (Wildman–Crippen MR) is 113 cm³/mol. The Morgan fingerprint density at radius 2 is 1.70 bits per heavy atom. The maximum Gasteiger partial charge on any atom is 0.125 e. The number of benzene rings is 2. The van der Waals surface area contributed by atoms with Crippen molar-refractivity contribution >= 4 is 12.4 Å². The van der Waals surface area contributed by atoms with Crippen molar-refractivity contribution in [2.75, 3.05) is 32.8 Å². The minimum absolute atomic E-state index is 0. The lowest BCUT2D eigenvalue weighted by Crippen LogP contribution is -2.45. The van der Waals surface area contributed by atoms with Gasteiger partial charge in [0.15, 0.2) is 0 Å². The van der Waals surface area contributed by atoms with Gasteiger partial charge in [-0.1, -0.05) is 42.5 Å². The fourth-order valence-electron chi connectivity index (χ4n) is 3.81. The van der Waals surface area contributed by atoms with Crippen LogP contribution in [0.15, 0.2) is 42.5 Å². The summed E-state index contributed by atoms with van der Waals surface area (Å²) in [6.45, 7) is 9.09. The molecule has 5 heteroatoms. The van der Waals surface area contributed by atoms with E-state index in [4.69, 9.17) is 4.74 Å². The summed E-state index contributed by atoms with van der Waals surface area (Å²) in [7, 11) is 0. The van der Waals surface area contributed by atoms with E-state index >= 15 is 0 Å². The number of hydrogen-bond acceptors (Lipinski definition) is 4. The van der Waals surface area contributed by atoms with Crippen LogP contribution in [0.4, 0.5) is 0 Å². The smallest absolute Gasteiger partial charge is 0.125 e. The van der Waals surface area contributed by atoms with Crippen LogP contribution in [0.5, 0.6) is 5.75 Å². The van der Waals surface area contributed by atoms with Gasteiger partial charge < -0.3 is 15.2 Å². The molecule has 0 radical (unpaired) electrons. The zero-order chi connectivity index (χ0) is 18.4. The van der Waals surface area contributed by atoms with Crippen molar-refractivity contribution in [3.05, 3.63) is 64.7 Å². The van der Waals surface area contributed by atoms with E-state index in [0.29, 0.717) is 6.61 Å². The molecule has 0 aliphatic carbocycles. The van der Waals surface area contributed by atoms with Crippen LogP contribution in [0.3, 0.4) is 0 Å². The maximum absolute atomic E-state index is 9.57. The molecule has 2 N–H and O–H groups in total. The number of aliphatic hydroxyl groups is 1. The number of aliphatic hydroxyl groups excluding tert-OH is 1. The van der Waals surface area contributed by atoms with E-state index in [1.54, 1.807) is 0 Å². The number of ether oxygens (including phenoxy) is 1. The van der Waals surface area contributed by atoms with Gasteiger partial charge >= 0.3 is 0 Å². The first-order chi connectivity index (χ1) is 12.7. The molecule has 4 nitrogen and oxygen atoms in total. The molecule has 148 valence electrons. The van der Waals surface area contributed by atoms with Gasteiger partial charge in [-0.15, -0.1) is 12.4 Å². The van der Waals surface area contributed by atoms with Gasteiger partial charge in [-0.25, -0.2) is 0 Å². The van der Waals surface area contributed by atoms with E-state index in [1.165, 1.54) is 11.1 Å². The number of piperazine rings is 1. The average molecular weight is 391 g/mol. The third-order valence-corrected chi connectivity index (χ3v) is 5.09. The summed E-state index contributed by atoms with van der Waals surface area (Å²) < 4.78 is 6.12. The summed E-state index contributed by atoms with van der Waals surface area (Å²) >= 11 is 0. The Morgan fingerprint density at radius 3 is 2.30 bits per heavy atom. The second-order valence-electron chi connectivity index (χ2n) is 7.07. The Bertz CT molecular complexity index is 680. The lowest BCUT2D eigenvalue weighted by Gasteiger charge is -2.35. The van der Waals surface area contributed by atoms with Gasteiger partial charge in [0.05, 0.1) is 0 Å². The van der Waals surface area contributed by atoms with Crippen LogP contribution in [-0.2, 0) is 6.61 Å². The standard InChI is InChI=1S/C22H30N2O2.ClH/c1-17-14-20(21(8-13-25)24-11-9-23-10-12-24)15-18(2)22(17)26-16-19-6-4-3-5-7-19;/h3-7,14-15,21,23,25H,8-13,16H2,1-2H3;1H/t21-;/m0./s1. The van der Waals surface area contributed by atoms with E-state index < -0.39 is 0 Å². The highest BCUT2D eigenvalue weighted by Gasteiger charge is 2.23. The second-order valence-corrected chi connectivity index (χ2v) is 7.07. The molecular weight excluding hydrogens is 360 g/mol. The van der Waals surface area contributed by atoms with Crippen LogP contribution >= 0.6 is 12.4 Å². The topological polar surface area (TPSA) is 44.7 Å². The molecular formula is C22H31ClN2O2. The molecule has 0 saturated carbocycles. The van der Waals surface area contributed by atoms with Gasteiger partial charge in [0.1, 0.15) is 12.4 Å². The van der Waals surface area contributed by atoms with E-state index in [2.05, 4.69) is 48.3 Å². The fourth-order valence-corrected chi connectivity index (χ4v) is 3.81. The molecule has 2 aromatic rings. The first kappa shape index (κ1) is 21.7. The molecule has 1 heterocycles. The largest absolute Gasteiger partial charge is 0.488 e. The molecule has 1 aliphatic rings. The third-order valence-electron chi connectivity index (χ3n) is 5.09. The molecule has 2 aromatic carbocycles. The van der Waals surface area contributed by atoms with Gasteiger partial charge in [0.2, 0.25) is 0 Å². The quantitative estimate of drug-likeness (QED) is 0.757. The monoisotopic (exact) mass is 390 g/mol. The SMILES string of the molecule is Cc1cc([C@H](CCO)N2CCNCC2)cc(C)c1OCc1ccccc1.Cl. The minimum Gasteiger partial charge on any atom is -0.488 e. The van der Waals surface area contributed by atoms with Crippen LogP contribution in [0.2, 0.25) is 0 Å². The van der Waals surface area contributed by atoms with Crippen LogP contribution in [0, 0.1) is 13.8 Å². The molecule has 27 heavy (non-hydrogen) atoms. The van der Waals surface area contributed by atoms with Gasteiger partial charge in [-0.2, -0.15) is 0 Å². The number of halogens is 1. The molecule has 0 amide bonds. The van der Waals surface area contributed by atoms with Crippen molar-refractivity contribution in [3.8, 4) is 5.75 Å². The second kappa shape index (κ2) is 10.7. The van der Waals surface area contributed by atoms with E-state index in [0.717, 1.165) is 49.5 Å². The maximum atomic E-state index is 9.57. The Morgan fingerprint density at radius 1 is 1.07 bits per heavy atom. The third kappa shape index (κ3) is 5.69. The summed E-state index contributed by atoms with van der Waals surface area (Å²) in [4.78, 5) is 2.48. The van der Waals surface area contributed by atoms with Crippen molar-refractivity contribution in [1.82, 2.24) is 10.2 Å². The molecule has 0 unspecified atom stereocenters. The van der Waals surface area contributed by atoms with Gasteiger partial charge in [0, 0.05) is 38.8 Å². The minimum atomic E-state index is 0. The summed E-state index contributed by atoms with van der Waals surface area (Å²) in [5.41, 5.74) is 4.78. The highest BCUT2D eigenvalue weighted by atomic mass is 35.5. The Labute approximate surface area is 169 Å². The number of nitrogens with one attached hydrogen (secondary N) is 1. The first-order valence-corrected chi connectivity index (χ1v) is 9.52. The summed E-state index contributed by atoms with van der Waals surface area (Å²) in [5, 5.41) is 13.0. The molecule has 0 spiro atoms. The molecule has 3 rings (SSSR count). The van der Waals surface area contributed by atoms with Crippen LogP contribution < -0.4 is 10.1 Å². The van der Waals surface area contributed by atoms with Crippen molar-refractivity contribution in [3.63, 3.8) is 0 Å². The van der Waals surface area contributed by atoms with Crippen molar-refractivity contribution < 1.29 is 9.84 Å². The molecule has 0 bridgehead atoms. The van der Waals surface area contributed by atoms with Crippen molar-refractivity contribution in [2.24, 2.45) is 0 Å². The van der Waals surface area contributed by atoms with Gasteiger partial charge in [-0.3, -0.25) is 4.90 Å². The van der Waals surface area contributed by atoms with Crippen LogP contribution in [-0.4, -0.2) is 42.8 Å². The van der Waals surface area contributed by atoms with E-state index in [1.807, 2.05) is 18.2 Å². The number of nitrogens with zero attached hydrogens (tertiary/aromatic N) is 1. The first-order valence-electron chi connectivity index (χ1n) is 9.52. The molecule has 1 atom stereocenters. The highest BCUT2D eigenvalue weighted by Crippen LogP contribution is 2.32. The van der Waals surface area contributed by atoms with Gasteiger partial charge in [0.25, 0.3) is 0 Å². The van der Waals surface area contributed by atoms with E-state index in [9.17, 15) is 5.11 Å². The molecule has 1 fully saturated rings. The van der Waals surface area contributed by atoms with Gasteiger partial charge in [-0.05, 0) is 42.5 Å². The van der Waals surface area contributed by atoms with E-state index in [-0.39, 0.29) is 25.1 Å². The zero-order valence-corrected chi connectivity index (χ0v) is 17.1. The normalized spacial score (nSPS) is 15.8. The predicted octanol–water partition coefficient (Wildman–Crippen LogP) is 3.63. The molecule has 0 aromatic heterocycles. The Hall–Kier alpha value is -1.59. The molecule has 1 aliphatic heterocycles. The summed E-state index contributed by atoms with van der Waals surface area (Å²) in [6, 6.07) is 15.0. The number of aryl methyl sites for hydroxylation is 2. The fraction of sp³-hybridized carbons (Fsp3) is 0.455. The summed E-state index contributed by atoms with van der Waals surface area (Å²) in [5.74, 6) is 0.973. The summed E-state index contributed by atoms with van der Waals surface area (Å²) in [6.07, 6.45) is 0.767. The van der Waals surface area contributed by atoms with Crippen LogP contribution in [0.1, 0.15) is 34.7 Å². The number of hydrogen-bond donors (Lipinski definition) is 2. The lowest BCUT2D eigenvalue weighted by molar-refractivity contribution is 0.141. The number of rotatable bonds is 7. The van der Waals surface area contributed by atoms with Crippen molar-refractivity contribution in [1.29, 1.82) is 0 Å². The van der Waals surface area contributed by atoms with Crippen LogP contribution in [0.25, 0.3) is 0 Å². The Balaban J connectivity index is 0.00000261. The Kier molecular flexibility index (Phi) is 8.58. The van der Waals surface area contributed by atoms with Crippen molar-refractivity contribution in [2.45, 2.75) is 32.9 Å². The highest BCUT2D eigenvalue weighted by molar-refractivity contribution is 5.85. The lowest BCUT2D eigenvalue weighted by atomic mass is 9.96. The average Bonchev–Trinajstić information content (AvgIpc) is 2.67. The zero-order valence-electron chi connectivity index (χ0n) is 16.3.